The fourth-order valence-corrected chi connectivity index (χ4v) is 2.40. The number of fused-ring (bicyclic) bond motifs is 1. The van der Waals surface area contributed by atoms with Gasteiger partial charge in [-0.25, -0.2) is 8.42 Å². The highest BCUT2D eigenvalue weighted by atomic mass is 32.2. The molecule has 4 nitrogen and oxygen atoms in total. The molecule has 0 aliphatic carbocycles. The van der Waals surface area contributed by atoms with E-state index in [0.29, 0.717) is 5.69 Å². The summed E-state index contributed by atoms with van der Waals surface area (Å²) in [7, 11) is -1.13. The van der Waals surface area contributed by atoms with Gasteiger partial charge in [0.15, 0.2) is 0 Å². The molecule has 0 saturated heterocycles. The van der Waals surface area contributed by atoms with E-state index in [1.54, 1.807) is 6.07 Å². The standard InChI is InChI=1S/C10H14N2O2S/c1-12-6-5-8-7-9(3-4-10(8)12)11-15(2,13)14/h3-4,7,11H,5-6H2,1-2H3. The molecule has 0 atom stereocenters. The summed E-state index contributed by atoms with van der Waals surface area (Å²) in [6.07, 6.45) is 2.14. The average molecular weight is 226 g/mol. The molecule has 1 N–H and O–H groups in total. The minimum atomic E-state index is -3.17. The number of benzene rings is 1. The molecular weight excluding hydrogens is 212 g/mol. The first-order valence-corrected chi connectivity index (χ1v) is 6.67. The Bertz CT molecular complexity index is 482. The summed E-state index contributed by atoms with van der Waals surface area (Å²) < 4.78 is 24.6. The maximum Gasteiger partial charge on any atom is 0.229 e. The number of sulfonamides is 1. The van der Waals surface area contributed by atoms with Gasteiger partial charge in [0.05, 0.1) is 6.26 Å². The number of hydrogen-bond donors (Lipinski definition) is 1. The topological polar surface area (TPSA) is 49.4 Å². The van der Waals surface area contributed by atoms with Gasteiger partial charge in [0.2, 0.25) is 10.0 Å². The second-order valence-electron chi connectivity index (χ2n) is 3.89. The number of hydrogen-bond acceptors (Lipinski definition) is 3. The van der Waals surface area contributed by atoms with E-state index in [1.165, 1.54) is 11.3 Å². The summed E-state index contributed by atoms with van der Waals surface area (Å²) in [6.45, 7) is 0.998. The quantitative estimate of drug-likeness (QED) is 0.820. The smallest absolute Gasteiger partial charge is 0.229 e. The van der Waals surface area contributed by atoms with Gasteiger partial charge in [-0.1, -0.05) is 0 Å². The Kier molecular flexibility index (Phi) is 2.34. The van der Waals surface area contributed by atoms with E-state index < -0.39 is 10.0 Å². The molecule has 0 saturated carbocycles. The number of nitrogens with one attached hydrogen (secondary N) is 1. The molecule has 0 aromatic heterocycles. The van der Waals surface area contributed by atoms with E-state index in [0.717, 1.165) is 19.2 Å². The van der Waals surface area contributed by atoms with Gasteiger partial charge < -0.3 is 4.90 Å². The Balaban J connectivity index is 2.31. The highest BCUT2D eigenvalue weighted by Gasteiger charge is 2.16. The molecule has 15 heavy (non-hydrogen) atoms. The number of likely N-dealkylation sites (N-methyl/N-ethyl adjacent to an activating group) is 1. The lowest BCUT2D eigenvalue weighted by atomic mass is 10.1. The summed E-state index contributed by atoms with van der Waals surface area (Å²) in [5.41, 5.74) is 3.03. The summed E-state index contributed by atoms with van der Waals surface area (Å²) >= 11 is 0. The van der Waals surface area contributed by atoms with Crippen LogP contribution in [-0.2, 0) is 16.4 Å². The van der Waals surface area contributed by atoms with Crippen LogP contribution >= 0.6 is 0 Å². The Labute approximate surface area is 90.0 Å². The summed E-state index contributed by atoms with van der Waals surface area (Å²) in [6, 6.07) is 5.65. The molecule has 0 amide bonds. The van der Waals surface area contributed by atoms with Crippen molar-refractivity contribution in [2.75, 3.05) is 29.5 Å². The molecule has 0 fully saturated rings. The zero-order valence-corrected chi connectivity index (χ0v) is 9.63. The van der Waals surface area contributed by atoms with E-state index in [2.05, 4.69) is 9.62 Å². The van der Waals surface area contributed by atoms with Crippen molar-refractivity contribution in [1.29, 1.82) is 0 Å². The average Bonchev–Trinajstić information content (AvgIpc) is 2.45. The second-order valence-corrected chi connectivity index (χ2v) is 5.64. The van der Waals surface area contributed by atoms with Crippen LogP contribution in [0.5, 0.6) is 0 Å². The molecular formula is C10H14N2O2S. The van der Waals surface area contributed by atoms with E-state index >= 15 is 0 Å². The largest absolute Gasteiger partial charge is 0.374 e. The van der Waals surface area contributed by atoms with Crippen molar-refractivity contribution < 1.29 is 8.42 Å². The molecule has 5 heteroatoms. The van der Waals surface area contributed by atoms with Gasteiger partial charge in [-0.3, -0.25) is 4.72 Å². The van der Waals surface area contributed by atoms with Crippen molar-refractivity contribution in [2.24, 2.45) is 0 Å². The molecule has 2 rings (SSSR count). The fourth-order valence-electron chi connectivity index (χ4n) is 1.84. The maximum absolute atomic E-state index is 11.0. The molecule has 1 heterocycles. The van der Waals surface area contributed by atoms with Crippen LogP contribution < -0.4 is 9.62 Å². The van der Waals surface area contributed by atoms with Gasteiger partial charge in [0, 0.05) is 25.0 Å². The van der Waals surface area contributed by atoms with E-state index in [9.17, 15) is 8.42 Å². The molecule has 1 aromatic rings. The summed E-state index contributed by atoms with van der Waals surface area (Å²) in [5, 5.41) is 0. The highest BCUT2D eigenvalue weighted by Crippen LogP contribution is 2.29. The first-order chi connectivity index (χ1) is 6.96. The maximum atomic E-state index is 11.0. The lowest BCUT2D eigenvalue weighted by Crippen LogP contribution is -2.12. The van der Waals surface area contributed by atoms with Gasteiger partial charge in [0.1, 0.15) is 0 Å². The van der Waals surface area contributed by atoms with E-state index in [-0.39, 0.29) is 0 Å². The molecule has 1 aliphatic heterocycles. The van der Waals surface area contributed by atoms with Crippen molar-refractivity contribution in [3.05, 3.63) is 23.8 Å². The van der Waals surface area contributed by atoms with Crippen molar-refractivity contribution in [3.8, 4) is 0 Å². The molecule has 0 radical (unpaired) electrons. The van der Waals surface area contributed by atoms with Gasteiger partial charge in [0.25, 0.3) is 0 Å². The first-order valence-electron chi connectivity index (χ1n) is 4.77. The third-order valence-electron chi connectivity index (χ3n) is 2.51. The minimum Gasteiger partial charge on any atom is -0.374 e. The van der Waals surface area contributed by atoms with Crippen LogP contribution in [0, 0.1) is 0 Å². The third-order valence-corrected chi connectivity index (χ3v) is 3.12. The van der Waals surface area contributed by atoms with Crippen LogP contribution in [0.2, 0.25) is 0 Å². The zero-order valence-electron chi connectivity index (χ0n) is 8.82. The predicted octanol–water partition coefficient (Wildman–Crippen LogP) is 1.05. The van der Waals surface area contributed by atoms with Gasteiger partial charge in [-0.05, 0) is 30.2 Å². The molecule has 82 valence electrons. The van der Waals surface area contributed by atoms with Crippen molar-refractivity contribution in [1.82, 2.24) is 0 Å². The molecule has 0 bridgehead atoms. The van der Waals surface area contributed by atoms with Crippen molar-refractivity contribution >= 4 is 21.4 Å². The zero-order chi connectivity index (χ0) is 11.1. The van der Waals surface area contributed by atoms with Crippen LogP contribution in [0.4, 0.5) is 11.4 Å². The van der Waals surface area contributed by atoms with Gasteiger partial charge >= 0.3 is 0 Å². The summed E-state index contributed by atoms with van der Waals surface area (Å²) in [4.78, 5) is 2.17. The van der Waals surface area contributed by atoms with Gasteiger partial charge in [-0.15, -0.1) is 0 Å². The van der Waals surface area contributed by atoms with E-state index in [4.69, 9.17) is 0 Å². The fraction of sp³-hybridized carbons (Fsp3) is 0.400. The van der Waals surface area contributed by atoms with Gasteiger partial charge in [-0.2, -0.15) is 0 Å². The minimum absolute atomic E-state index is 0.645. The molecule has 1 aromatic carbocycles. The van der Waals surface area contributed by atoms with Crippen LogP contribution in [0.25, 0.3) is 0 Å². The van der Waals surface area contributed by atoms with E-state index in [1.807, 2.05) is 19.2 Å². The SMILES string of the molecule is CN1CCc2cc(NS(C)(=O)=O)ccc21. The lowest BCUT2D eigenvalue weighted by molar-refractivity contribution is 0.607. The Morgan fingerprint density at radius 2 is 2.13 bits per heavy atom. The Morgan fingerprint density at radius 1 is 1.40 bits per heavy atom. The van der Waals surface area contributed by atoms with Crippen LogP contribution in [0.1, 0.15) is 5.56 Å². The van der Waals surface area contributed by atoms with Crippen LogP contribution in [0.15, 0.2) is 18.2 Å². The molecule has 1 aliphatic rings. The van der Waals surface area contributed by atoms with Crippen LogP contribution in [-0.4, -0.2) is 28.3 Å². The number of rotatable bonds is 2. The first kappa shape index (κ1) is 10.3. The number of anilines is 2. The lowest BCUT2D eigenvalue weighted by Gasteiger charge is -2.12. The molecule has 0 unspecified atom stereocenters. The van der Waals surface area contributed by atoms with Crippen LogP contribution in [0.3, 0.4) is 0 Å². The monoisotopic (exact) mass is 226 g/mol. The highest BCUT2D eigenvalue weighted by molar-refractivity contribution is 7.92. The van der Waals surface area contributed by atoms with Crippen molar-refractivity contribution in [3.63, 3.8) is 0 Å². The Hall–Kier alpha value is -1.23. The predicted molar refractivity (Wildman–Crippen MR) is 61.9 cm³/mol. The normalized spacial score (nSPS) is 15.2. The Morgan fingerprint density at radius 3 is 2.80 bits per heavy atom. The number of nitrogens with zero attached hydrogens (tertiary/aromatic N) is 1. The second kappa shape index (κ2) is 3.41. The summed E-state index contributed by atoms with van der Waals surface area (Å²) in [5.74, 6) is 0. The van der Waals surface area contributed by atoms with Crippen molar-refractivity contribution in [2.45, 2.75) is 6.42 Å². The third kappa shape index (κ3) is 2.23. The molecule has 0 spiro atoms.